The Morgan fingerprint density at radius 2 is 2.00 bits per heavy atom. The highest BCUT2D eigenvalue weighted by Crippen LogP contribution is 2.60. The first kappa shape index (κ1) is 14.8. The van der Waals surface area contributed by atoms with Gasteiger partial charge >= 0.3 is 0 Å². The van der Waals surface area contributed by atoms with Gasteiger partial charge in [-0.15, -0.1) is 0 Å². The molecule has 2 aliphatic carbocycles. The third kappa shape index (κ3) is 2.65. The molecule has 2 fully saturated rings. The molecule has 110 valence electrons. The van der Waals surface area contributed by atoms with E-state index in [9.17, 15) is 4.39 Å². The van der Waals surface area contributed by atoms with Gasteiger partial charge < -0.3 is 5.32 Å². The van der Waals surface area contributed by atoms with Gasteiger partial charge in [0.1, 0.15) is 5.82 Å². The molecular weight excluding hydrogens is 341 g/mol. The molecule has 1 nitrogen and oxygen atoms in total. The minimum Gasteiger partial charge on any atom is -0.310 e. The minimum atomic E-state index is -0.157. The summed E-state index contributed by atoms with van der Waals surface area (Å²) in [5.74, 6) is 2.00. The van der Waals surface area contributed by atoms with Crippen molar-refractivity contribution in [2.75, 3.05) is 6.54 Å². The summed E-state index contributed by atoms with van der Waals surface area (Å²) in [7, 11) is 0. The van der Waals surface area contributed by atoms with E-state index in [1.165, 1.54) is 31.7 Å². The van der Waals surface area contributed by atoms with Crippen LogP contribution in [0.5, 0.6) is 0 Å². The Labute approximate surface area is 133 Å². The first-order chi connectivity index (χ1) is 9.63. The molecule has 0 spiro atoms. The number of rotatable bonds is 4. The molecule has 0 amide bonds. The first-order valence-corrected chi connectivity index (χ1v) is 8.68. The van der Waals surface area contributed by atoms with Gasteiger partial charge in [0, 0.05) is 16.1 Å². The van der Waals surface area contributed by atoms with E-state index in [1.54, 1.807) is 6.07 Å². The SMILES string of the molecule is CCNC(c1cc(Cl)c(Br)cc1F)C1C2CCCCC21. The third-order valence-electron chi connectivity index (χ3n) is 4.91. The van der Waals surface area contributed by atoms with Crippen molar-refractivity contribution in [2.45, 2.75) is 38.6 Å². The van der Waals surface area contributed by atoms with E-state index in [-0.39, 0.29) is 11.9 Å². The molecule has 3 rings (SSSR count). The zero-order chi connectivity index (χ0) is 14.3. The van der Waals surface area contributed by atoms with Crippen LogP contribution in [0.4, 0.5) is 4.39 Å². The average molecular weight is 361 g/mol. The largest absolute Gasteiger partial charge is 0.310 e. The summed E-state index contributed by atoms with van der Waals surface area (Å²) in [5.41, 5.74) is 0.736. The quantitative estimate of drug-likeness (QED) is 0.716. The summed E-state index contributed by atoms with van der Waals surface area (Å²) < 4.78 is 15.0. The molecule has 0 aliphatic heterocycles. The maximum absolute atomic E-state index is 14.3. The number of benzene rings is 1. The van der Waals surface area contributed by atoms with Crippen LogP contribution in [0.25, 0.3) is 0 Å². The van der Waals surface area contributed by atoms with E-state index < -0.39 is 0 Å². The van der Waals surface area contributed by atoms with Crippen LogP contribution in [0.3, 0.4) is 0 Å². The lowest BCUT2D eigenvalue weighted by Gasteiger charge is -2.20. The highest BCUT2D eigenvalue weighted by Gasteiger charge is 2.54. The van der Waals surface area contributed by atoms with Crippen molar-refractivity contribution in [3.63, 3.8) is 0 Å². The monoisotopic (exact) mass is 359 g/mol. The standard InChI is InChI=1S/C16H20BrClFN/c1-2-20-16(15-9-5-3-4-6-10(9)15)11-7-13(18)12(17)8-14(11)19/h7-10,15-16,20H,2-6H2,1H3. The molecule has 3 atom stereocenters. The molecule has 0 aromatic heterocycles. The van der Waals surface area contributed by atoms with Crippen molar-refractivity contribution in [3.05, 3.63) is 33.0 Å². The predicted octanol–water partition coefficient (Wildman–Crippen LogP) is 5.33. The van der Waals surface area contributed by atoms with Crippen molar-refractivity contribution in [3.8, 4) is 0 Å². The van der Waals surface area contributed by atoms with Crippen LogP contribution in [-0.4, -0.2) is 6.54 Å². The molecule has 3 unspecified atom stereocenters. The number of halogens is 3. The van der Waals surface area contributed by atoms with E-state index in [4.69, 9.17) is 11.6 Å². The highest BCUT2D eigenvalue weighted by atomic mass is 79.9. The fourth-order valence-electron chi connectivity index (χ4n) is 3.99. The van der Waals surface area contributed by atoms with Gasteiger partial charge in [-0.25, -0.2) is 4.39 Å². The lowest BCUT2D eigenvalue weighted by molar-refractivity contribution is 0.436. The normalized spacial score (nSPS) is 29.9. The molecule has 2 aliphatic rings. The van der Waals surface area contributed by atoms with Crippen molar-refractivity contribution in [1.29, 1.82) is 0 Å². The molecule has 1 aromatic rings. The van der Waals surface area contributed by atoms with E-state index >= 15 is 0 Å². The van der Waals surface area contributed by atoms with Gasteiger partial charge in [0.15, 0.2) is 0 Å². The Hall–Kier alpha value is -0.120. The zero-order valence-electron chi connectivity index (χ0n) is 11.6. The topological polar surface area (TPSA) is 12.0 Å². The molecule has 1 N–H and O–H groups in total. The van der Waals surface area contributed by atoms with Crippen LogP contribution in [0.1, 0.15) is 44.2 Å². The molecule has 0 radical (unpaired) electrons. The lowest BCUT2D eigenvalue weighted by atomic mass is 9.99. The van der Waals surface area contributed by atoms with Gasteiger partial charge in [-0.1, -0.05) is 31.4 Å². The molecule has 2 saturated carbocycles. The fourth-order valence-corrected chi connectivity index (χ4v) is 4.48. The zero-order valence-corrected chi connectivity index (χ0v) is 14.0. The molecular formula is C16H20BrClFN. The molecule has 0 heterocycles. The Bertz CT molecular complexity index is 495. The fraction of sp³-hybridized carbons (Fsp3) is 0.625. The number of hydrogen-bond acceptors (Lipinski definition) is 1. The van der Waals surface area contributed by atoms with Crippen molar-refractivity contribution in [1.82, 2.24) is 5.32 Å². The lowest BCUT2D eigenvalue weighted by Crippen LogP contribution is -2.25. The van der Waals surface area contributed by atoms with Gasteiger partial charge in [0.05, 0.1) is 5.02 Å². The van der Waals surface area contributed by atoms with Gasteiger partial charge in [-0.3, -0.25) is 0 Å². The molecule has 4 heteroatoms. The van der Waals surface area contributed by atoms with Crippen LogP contribution in [0.15, 0.2) is 16.6 Å². The van der Waals surface area contributed by atoms with E-state index in [1.807, 2.05) is 0 Å². The summed E-state index contributed by atoms with van der Waals surface area (Å²) in [5, 5.41) is 4.08. The smallest absolute Gasteiger partial charge is 0.129 e. The summed E-state index contributed by atoms with van der Waals surface area (Å²) >= 11 is 9.46. The van der Waals surface area contributed by atoms with Crippen molar-refractivity contribution >= 4 is 27.5 Å². The summed E-state index contributed by atoms with van der Waals surface area (Å²) in [4.78, 5) is 0. The van der Waals surface area contributed by atoms with Crippen LogP contribution >= 0.6 is 27.5 Å². The predicted molar refractivity (Wildman–Crippen MR) is 84.5 cm³/mol. The third-order valence-corrected chi connectivity index (χ3v) is 6.10. The maximum atomic E-state index is 14.3. The van der Waals surface area contributed by atoms with Crippen LogP contribution in [-0.2, 0) is 0 Å². The second-order valence-electron chi connectivity index (χ2n) is 6.01. The Morgan fingerprint density at radius 3 is 2.60 bits per heavy atom. The Kier molecular flexibility index (Phi) is 4.40. The van der Waals surface area contributed by atoms with E-state index in [0.29, 0.717) is 15.4 Å². The maximum Gasteiger partial charge on any atom is 0.129 e. The van der Waals surface area contributed by atoms with Crippen molar-refractivity contribution < 1.29 is 4.39 Å². The van der Waals surface area contributed by atoms with Gasteiger partial charge in [-0.05, 0) is 65.2 Å². The first-order valence-electron chi connectivity index (χ1n) is 7.51. The molecule has 20 heavy (non-hydrogen) atoms. The van der Waals surface area contributed by atoms with E-state index in [2.05, 4.69) is 28.2 Å². The van der Waals surface area contributed by atoms with Gasteiger partial charge in [-0.2, -0.15) is 0 Å². The second kappa shape index (κ2) is 5.94. The van der Waals surface area contributed by atoms with Crippen LogP contribution < -0.4 is 5.32 Å². The average Bonchev–Trinajstić information content (AvgIpc) is 3.15. The molecule has 0 bridgehead atoms. The van der Waals surface area contributed by atoms with Crippen LogP contribution in [0.2, 0.25) is 5.02 Å². The minimum absolute atomic E-state index is 0.110. The summed E-state index contributed by atoms with van der Waals surface area (Å²) in [6.07, 6.45) is 5.28. The van der Waals surface area contributed by atoms with Crippen molar-refractivity contribution in [2.24, 2.45) is 17.8 Å². The Balaban J connectivity index is 1.89. The van der Waals surface area contributed by atoms with Crippen LogP contribution in [0, 0.1) is 23.6 Å². The number of hydrogen-bond donors (Lipinski definition) is 1. The Morgan fingerprint density at radius 1 is 1.35 bits per heavy atom. The van der Waals surface area contributed by atoms with Gasteiger partial charge in [0.2, 0.25) is 0 Å². The molecule has 0 saturated heterocycles. The van der Waals surface area contributed by atoms with Gasteiger partial charge in [0.25, 0.3) is 0 Å². The summed E-state index contributed by atoms with van der Waals surface area (Å²) in [6, 6.07) is 3.39. The second-order valence-corrected chi connectivity index (χ2v) is 7.27. The summed E-state index contributed by atoms with van der Waals surface area (Å²) in [6.45, 7) is 2.94. The molecule has 1 aromatic carbocycles. The number of fused-ring (bicyclic) bond motifs is 1. The highest BCUT2D eigenvalue weighted by molar-refractivity contribution is 9.10. The van der Waals surface area contributed by atoms with E-state index in [0.717, 1.165) is 23.9 Å². The number of nitrogens with one attached hydrogen (secondary N) is 1.